The third kappa shape index (κ3) is 5.81. The van der Waals surface area contributed by atoms with Gasteiger partial charge in [-0.15, -0.1) is 0 Å². The summed E-state index contributed by atoms with van der Waals surface area (Å²) in [4.78, 5) is 40.0. The lowest BCUT2D eigenvalue weighted by Gasteiger charge is -2.63. The van der Waals surface area contributed by atoms with Crippen molar-refractivity contribution in [1.82, 2.24) is 5.32 Å². The van der Waals surface area contributed by atoms with Crippen LogP contribution in [-0.4, -0.2) is 69.4 Å². The fourth-order valence-corrected chi connectivity index (χ4v) is 11.1. The molecule has 0 aromatic heterocycles. The minimum absolute atomic E-state index is 0.0335. The maximum Gasteiger partial charge on any atom is 0.331 e. The molecule has 0 radical (unpaired) electrons. The van der Waals surface area contributed by atoms with Crippen molar-refractivity contribution >= 4 is 23.6 Å². The van der Waals surface area contributed by atoms with Gasteiger partial charge in [-0.05, 0) is 66.7 Å². The van der Waals surface area contributed by atoms with Crippen molar-refractivity contribution < 1.29 is 34.8 Å². The third-order valence-electron chi connectivity index (χ3n) is 13.9. The molecule has 0 bridgehead atoms. The number of carbonyl (C=O) groups is 3. The molecule has 49 heavy (non-hydrogen) atoms. The molecule has 0 amide bonds. The number of ketones is 2. The van der Waals surface area contributed by atoms with Crippen LogP contribution in [0.15, 0.2) is 59.2 Å². The highest BCUT2D eigenvalue weighted by Gasteiger charge is 2.71. The lowest BCUT2D eigenvalue weighted by molar-refractivity contribution is -0.151. The second kappa shape index (κ2) is 13.3. The summed E-state index contributed by atoms with van der Waals surface area (Å²) in [5, 5.41) is 49.2. The lowest BCUT2D eigenvalue weighted by Crippen LogP contribution is -2.63. The van der Waals surface area contributed by atoms with E-state index >= 15 is 0 Å². The number of allylic oxidation sites excluding steroid dienone is 1. The first-order chi connectivity index (χ1) is 22.9. The molecule has 4 aliphatic carbocycles. The van der Waals surface area contributed by atoms with Gasteiger partial charge < -0.3 is 25.7 Å². The predicted molar refractivity (Wildman–Crippen MR) is 190 cm³/mol. The highest BCUT2D eigenvalue weighted by atomic mass is 16.4. The van der Waals surface area contributed by atoms with Gasteiger partial charge in [-0.3, -0.25) is 9.59 Å². The van der Waals surface area contributed by atoms with Crippen LogP contribution in [0.4, 0.5) is 0 Å². The minimum atomic E-state index is -1.10. The second-order valence-corrected chi connectivity index (χ2v) is 16.7. The Morgan fingerprint density at radius 3 is 2.35 bits per heavy atom. The Bertz CT molecular complexity index is 1560. The Hall–Kier alpha value is -2.91. The van der Waals surface area contributed by atoms with E-state index in [0.29, 0.717) is 43.5 Å². The molecule has 0 aliphatic heterocycles. The first-order valence-corrected chi connectivity index (χ1v) is 18.1. The monoisotopic (exact) mass is 675 g/mol. The average Bonchev–Trinajstić information content (AvgIpc) is 3.24. The number of hydrogen-bond donors (Lipinski definition) is 5. The molecule has 4 aliphatic rings. The molecule has 8 heteroatoms. The standard InChI is InChI=1S/C41H57NO7/c1-9-42-22-27(29(43)19-23(2)37(48)49)24(3)28-20-32(46)41(8)34-33(30(44)21-40(28,41)7)39(6)18-17-31(45)38(4,5)36(39)26(35(34)47)16-15-25-13-11-10-12-14-25/h10-16,19,24,26-29,32,35-36,42-43,46-47H,9,17-18,20-22H2,1-8H3,(H,48,49)/b16-15+,23-19+/t24-,26+,27-,28-,29-,32+,35-,36-,39-,40-,41+/m1/s1. The number of aliphatic hydroxyl groups excluding tert-OH is 3. The first kappa shape index (κ1) is 37.3. The highest BCUT2D eigenvalue weighted by molar-refractivity contribution is 6.01. The smallest absolute Gasteiger partial charge is 0.331 e. The zero-order chi connectivity index (χ0) is 36.3. The number of carboxylic acid groups (broad SMARTS) is 1. The van der Waals surface area contributed by atoms with E-state index in [9.17, 15) is 34.8 Å². The van der Waals surface area contributed by atoms with Crippen LogP contribution < -0.4 is 5.32 Å². The van der Waals surface area contributed by atoms with Gasteiger partial charge in [-0.1, -0.05) is 91.0 Å². The number of nitrogens with one attached hydrogen (secondary N) is 1. The number of aliphatic carboxylic acids is 1. The molecule has 5 N–H and O–H groups in total. The van der Waals surface area contributed by atoms with Crippen molar-refractivity contribution in [2.24, 2.45) is 51.2 Å². The molecule has 0 saturated heterocycles. The lowest BCUT2D eigenvalue weighted by atomic mass is 9.40. The molecule has 11 atom stereocenters. The largest absolute Gasteiger partial charge is 0.478 e. The number of Topliss-reactive ketones (excluding diaryl/α,β-unsaturated/α-hetero) is 2. The summed E-state index contributed by atoms with van der Waals surface area (Å²) < 4.78 is 0. The van der Waals surface area contributed by atoms with Crippen molar-refractivity contribution in [1.29, 1.82) is 0 Å². The Labute approximate surface area is 291 Å². The first-order valence-electron chi connectivity index (χ1n) is 18.1. The molecule has 1 aromatic carbocycles. The van der Waals surface area contributed by atoms with Crippen LogP contribution >= 0.6 is 0 Å². The van der Waals surface area contributed by atoms with E-state index in [1.807, 2.05) is 77.1 Å². The van der Waals surface area contributed by atoms with Gasteiger partial charge in [0, 0.05) is 58.6 Å². The predicted octanol–water partition coefficient (Wildman–Crippen LogP) is 5.62. The van der Waals surface area contributed by atoms with Gasteiger partial charge in [0.05, 0.1) is 18.3 Å². The molecule has 2 saturated carbocycles. The number of carboxylic acids is 1. The second-order valence-electron chi connectivity index (χ2n) is 16.7. The summed E-state index contributed by atoms with van der Waals surface area (Å²) in [5.74, 6) is -2.63. The molecule has 8 nitrogen and oxygen atoms in total. The van der Waals surface area contributed by atoms with Crippen molar-refractivity contribution in [3.63, 3.8) is 0 Å². The van der Waals surface area contributed by atoms with E-state index in [1.54, 1.807) is 0 Å². The van der Waals surface area contributed by atoms with E-state index in [0.717, 1.165) is 5.56 Å². The number of hydrogen-bond acceptors (Lipinski definition) is 7. The van der Waals surface area contributed by atoms with Crippen LogP contribution in [0.25, 0.3) is 6.08 Å². The Morgan fingerprint density at radius 1 is 1.08 bits per heavy atom. The number of fused-ring (bicyclic) bond motifs is 4. The Balaban J connectivity index is 1.66. The number of aliphatic hydroxyl groups is 3. The topological polar surface area (TPSA) is 144 Å². The summed E-state index contributed by atoms with van der Waals surface area (Å²) in [7, 11) is 0. The van der Waals surface area contributed by atoms with Crippen LogP contribution in [-0.2, 0) is 14.4 Å². The maximum absolute atomic E-state index is 14.8. The highest BCUT2D eigenvalue weighted by Crippen LogP contribution is 2.72. The molecule has 0 heterocycles. The number of rotatable bonds is 10. The Morgan fingerprint density at radius 2 is 1.73 bits per heavy atom. The molecular weight excluding hydrogens is 618 g/mol. The summed E-state index contributed by atoms with van der Waals surface area (Å²) >= 11 is 0. The van der Waals surface area contributed by atoms with Crippen molar-refractivity contribution in [2.75, 3.05) is 13.1 Å². The summed E-state index contributed by atoms with van der Waals surface area (Å²) in [6, 6.07) is 9.85. The van der Waals surface area contributed by atoms with E-state index in [-0.39, 0.29) is 47.2 Å². The molecular formula is C41H57NO7. The number of benzene rings is 1. The van der Waals surface area contributed by atoms with E-state index in [4.69, 9.17) is 0 Å². The van der Waals surface area contributed by atoms with Gasteiger partial charge in [0.15, 0.2) is 5.78 Å². The summed E-state index contributed by atoms with van der Waals surface area (Å²) in [6.45, 7) is 16.7. The van der Waals surface area contributed by atoms with Crippen LogP contribution in [0, 0.1) is 51.2 Å². The van der Waals surface area contributed by atoms with Crippen molar-refractivity contribution in [3.05, 3.63) is 64.8 Å². The Kier molecular flexibility index (Phi) is 10.2. The molecule has 268 valence electrons. The summed E-state index contributed by atoms with van der Waals surface area (Å²) in [5.41, 5.74) is -0.962. The van der Waals surface area contributed by atoms with E-state index in [1.165, 1.54) is 13.0 Å². The van der Waals surface area contributed by atoms with Gasteiger partial charge in [0.25, 0.3) is 0 Å². The van der Waals surface area contributed by atoms with Gasteiger partial charge in [0.1, 0.15) is 5.78 Å². The summed E-state index contributed by atoms with van der Waals surface area (Å²) in [6.07, 6.45) is 3.78. The average molecular weight is 676 g/mol. The third-order valence-corrected chi connectivity index (χ3v) is 13.9. The van der Waals surface area contributed by atoms with Crippen LogP contribution in [0.3, 0.4) is 0 Å². The van der Waals surface area contributed by atoms with Gasteiger partial charge in [-0.2, -0.15) is 0 Å². The fourth-order valence-electron chi connectivity index (χ4n) is 11.1. The van der Waals surface area contributed by atoms with E-state index < -0.39 is 51.9 Å². The molecule has 2 fully saturated rings. The molecule has 0 unspecified atom stereocenters. The normalized spacial score (nSPS) is 37.8. The molecule has 0 spiro atoms. The van der Waals surface area contributed by atoms with E-state index in [2.05, 4.69) is 19.2 Å². The number of carbonyl (C=O) groups excluding carboxylic acids is 2. The van der Waals surface area contributed by atoms with Gasteiger partial charge in [-0.25, -0.2) is 4.79 Å². The minimum Gasteiger partial charge on any atom is -0.478 e. The molecule has 1 aromatic rings. The van der Waals surface area contributed by atoms with Crippen LogP contribution in [0.1, 0.15) is 86.6 Å². The van der Waals surface area contributed by atoms with Gasteiger partial charge >= 0.3 is 5.97 Å². The van der Waals surface area contributed by atoms with Crippen molar-refractivity contribution in [3.8, 4) is 0 Å². The van der Waals surface area contributed by atoms with Gasteiger partial charge in [0.2, 0.25) is 0 Å². The van der Waals surface area contributed by atoms with Crippen LogP contribution in [0.2, 0.25) is 0 Å². The zero-order valence-corrected chi connectivity index (χ0v) is 30.5. The fraction of sp³-hybridized carbons (Fsp3) is 0.634. The zero-order valence-electron chi connectivity index (χ0n) is 30.5. The van der Waals surface area contributed by atoms with Crippen LogP contribution in [0.5, 0.6) is 0 Å². The quantitative estimate of drug-likeness (QED) is 0.201. The maximum atomic E-state index is 14.8. The van der Waals surface area contributed by atoms with Crippen molar-refractivity contribution in [2.45, 2.75) is 99.4 Å². The SMILES string of the molecule is CCNC[C@H]([C@@H](C)[C@H]1C[C@H](O)[C@@]2(C)C3=C(C(=O)C[C@]12C)[C@@]1(C)CCC(=O)C(C)(C)[C@H]1[C@@H](/C=C/c1ccccc1)[C@H]3O)[C@H](O)/C=C(\C)C(=O)O. The molecule has 5 rings (SSSR count).